The van der Waals surface area contributed by atoms with Crippen LogP contribution in [0, 0.1) is 5.92 Å². The van der Waals surface area contributed by atoms with Gasteiger partial charge in [0.1, 0.15) is 0 Å². The molecule has 0 atom stereocenters. The van der Waals surface area contributed by atoms with E-state index in [0.717, 1.165) is 6.61 Å². The molecule has 0 aromatic heterocycles. The van der Waals surface area contributed by atoms with Crippen LogP contribution < -0.4 is 0 Å². The van der Waals surface area contributed by atoms with Gasteiger partial charge >= 0.3 is 37.7 Å². The van der Waals surface area contributed by atoms with Gasteiger partial charge < -0.3 is 12.7 Å². The third-order valence-electron chi connectivity index (χ3n) is 0.687. The van der Waals surface area contributed by atoms with E-state index in [2.05, 4.69) is 13.8 Å². The second-order valence-electron chi connectivity index (χ2n) is 2.19. The molecule has 0 bridgehead atoms. The monoisotopic (exact) mass is 160 g/mol. The number of hydrogen-bond acceptors (Lipinski definition) is 2. The summed E-state index contributed by atoms with van der Waals surface area (Å²) >= 11 is 0. The molecule has 0 amide bonds. The van der Waals surface area contributed by atoms with Crippen molar-refractivity contribution in [2.24, 2.45) is 5.92 Å². The number of aliphatic hydroxyl groups is 1. The van der Waals surface area contributed by atoms with Crippen molar-refractivity contribution in [3.63, 3.8) is 0 Å². The minimum absolute atomic E-state index is 0. The minimum atomic E-state index is 0. The molecule has 54 valence electrons. The summed E-state index contributed by atoms with van der Waals surface area (Å²) in [6, 6.07) is 0. The predicted molar refractivity (Wildman–Crippen MR) is 40.7 cm³/mol. The Bertz CT molecular complexity index is 55.8. The molecule has 0 saturated heterocycles. The summed E-state index contributed by atoms with van der Waals surface area (Å²) in [5.41, 5.74) is 0. The molecule has 3 heteroatoms. The van der Waals surface area contributed by atoms with Crippen LogP contribution in [0.5, 0.6) is 0 Å². The van der Waals surface area contributed by atoms with Gasteiger partial charge in [-0.1, -0.05) is 13.8 Å². The molecule has 0 saturated carbocycles. The van der Waals surface area contributed by atoms with Gasteiger partial charge in [-0.15, -0.1) is 0 Å². The van der Waals surface area contributed by atoms with Crippen LogP contribution >= 0.6 is 0 Å². The van der Waals surface area contributed by atoms with E-state index >= 15 is 0 Å². The maximum absolute atomic E-state index is 8.25. The standard InChI is InChI=1S/C6H14O2.Ca.2H/c1-6(2)5-8-4-3-7;;;/h6-7H,3-5H2,1-2H3;;;/q;+2;2*-1. The van der Waals surface area contributed by atoms with Gasteiger partial charge in [0.25, 0.3) is 0 Å². The van der Waals surface area contributed by atoms with E-state index in [-0.39, 0.29) is 47.2 Å². The Morgan fingerprint density at radius 1 is 1.56 bits per heavy atom. The van der Waals surface area contributed by atoms with Crippen molar-refractivity contribution in [2.45, 2.75) is 13.8 Å². The largest absolute Gasteiger partial charge is 2.00 e. The molecule has 0 rings (SSSR count). The Kier molecular flexibility index (Phi) is 13.1. The minimum Gasteiger partial charge on any atom is -1.00 e. The van der Waals surface area contributed by atoms with Gasteiger partial charge in [-0.3, -0.25) is 0 Å². The number of hydrogen-bond donors (Lipinski definition) is 1. The molecule has 0 spiro atoms. The number of rotatable bonds is 4. The summed E-state index contributed by atoms with van der Waals surface area (Å²) in [5, 5.41) is 8.25. The van der Waals surface area contributed by atoms with Crippen molar-refractivity contribution in [3.8, 4) is 0 Å². The van der Waals surface area contributed by atoms with Gasteiger partial charge in [-0.05, 0) is 5.92 Å². The molecule has 0 aliphatic heterocycles. The van der Waals surface area contributed by atoms with Crippen LogP contribution in [0.3, 0.4) is 0 Å². The molecule has 0 heterocycles. The van der Waals surface area contributed by atoms with Gasteiger partial charge in [0.2, 0.25) is 0 Å². The summed E-state index contributed by atoms with van der Waals surface area (Å²) in [7, 11) is 0. The van der Waals surface area contributed by atoms with E-state index < -0.39 is 0 Å². The maximum Gasteiger partial charge on any atom is 2.00 e. The maximum atomic E-state index is 8.25. The van der Waals surface area contributed by atoms with Gasteiger partial charge in [0.15, 0.2) is 0 Å². The average Bonchev–Trinajstić information content (AvgIpc) is 1.66. The van der Waals surface area contributed by atoms with Crippen LogP contribution in [-0.4, -0.2) is 62.7 Å². The smallest absolute Gasteiger partial charge is 1.00 e. The fourth-order valence-corrected chi connectivity index (χ4v) is 0.384. The molecule has 0 fully saturated rings. The quantitative estimate of drug-likeness (QED) is 0.479. The molecule has 0 aliphatic rings. The first-order valence-corrected chi connectivity index (χ1v) is 2.96. The summed E-state index contributed by atoms with van der Waals surface area (Å²) in [6.45, 7) is 5.51. The molecule has 0 aliphatic carbocycles. The molecule has 0 aromatic rings. The topological polar surface area (TPSA) is 29.5 Å². The zero-order valence-electron chi connectivity index (χ0n) is 8.26. The summed E-state index contributed by atoms with van der Waals surface area (Å²) < 4.78 is 4.99. The van der Waals surface area contributed by atoms with Crippen LogP contribution in [0.2, 0.25) is 0 Å². The first kappa shape index (κ1) is 12.8. The molecule has 2 nitrogen and oxygen atoms in total. The van der Waals surface area contributed by atoms with Crippen LogP contribution in [0.1, 0.15) is 16.7 Å². The average molecular weight is 160 g/mol. The Morgan fingerprint density at radius 3 is 2.44 bits per heavy atom. The molecule has 0 unspecified atom stereocenters. The van der Waals surface area contributed by atoms with E-state index in [0.29, 0.717) is 12.5 Å². The molecule has 0 aromatic carbocycles. The normalized spacial score (nSPS) is 9.33. The van der Waals surface area contributed by atoms with Crippen LogP contribution in [0.4, 0.5) is 0 Å². The third kappa shape index (κ3) is 12.4. The number of ether oxygens (including phenoxy) is 1. The Morgan fingerprint density at radius 2 is 2.11 bits per heavy atom. The molecular formula is C6H16CaO2. The Labute approximate surface area is 89.6 Å². The zero-order chi connectivity index (χ0) is 6.41. The van der Waals surface area contributed by atoms with Crippen LogP contribution in [-0.2, 0) is 4.74 Å². The Balaban J connectivity index is -0.0000000817. The van der Waals surface area contributed by atoms with Crippen molar-refractivity contribution in [3.05, 3.63) is 0 Å². The first-order chi connectivity index (χ1) is 3.77. The van der Waals surface area contributed by atoms with E-state index in [4.69, 9.17) is 9.84 Å². The van der Waals surface area contributed by atoms with Crippen molar-refractivity contribution < 1.29 is 12.7 Å². The molecular weight excluding hydrogens is 144 g/mol. The van der Waals surface area contributed by atoms with Gasteiger partial charge in [-0.2, -0.15) is 0 Å². The van der Waals surface area contributed by atoms with Crippen molar-refractivity contribution >= 4 is 37.7 Å². The fourth-order valence-electron chi connectivity index (χ4n) is 0.384. The van der Waals surface area contributed by atoms with E-state index in [9.17, 15) is 0 Å². The van der Waals surface area contributed by atoms with Crippen LogP contribution in [0.15, 0.2) is 0 Å². The zero-order valence-corrected chi connectivity index (χ0v) is 8.47. The van der Waals surface area contributed by atoms with E-state index in [1.165, 1.54) is 0 Å². The second kappa shape index (κ2) is 9.18. The third-order valence-corrected chi connectivity index (χ3v) is 0.687. The first-order valence-electron chi connectivity index (χ1n) is 2.96. The van der Waals surface area contributed by atoms with Gasteiger partial charge in [0.05, 0.1) is 13.2 Å². The van der Waals surface area contributed by atoms with Gasteiger partial charge in [0, 0.05) is 6.61 Å². The SMILES string of the molecule is CC(C)COCCO.[Ca+2].[H-].[H-]. The Hall–Kier alpha value is 1.18. The van der Waals surface area contributed by atoms with E-state index in [1.807, 2.05) is 0 Å². The summed E-state index contributed by atoms with van der Waals surface area (Å²) in [6.07, 6.45) is 0. The van der Waals surface area contributed by atoms with Gasteiger partial charge in [-0.25, -0.2) is 0 Å². The number of aliphatic hydroxyl groups excluding tert-OH is 1. The van der Waals surface area contributed by atoms with Crippen LogP contribution in [0.25, 0.3) is 0 Å². The summed E-state index contributed by atoms with van der Waals surface area (Å²) in [5.74, 6) is 0.571. The van der Waals surface area contributed by atoms with Crippen molar-refractivity contribution in [2.75, 3.05) is 19.8 Å². The predicted octanol–water partition coefficient (Wildman–Crippen LogP) is 0.496. The molecule has 9 heavy (non-hydrogen) atoms. The molecule has 0 radical (unpaired) electrons. The summed E-state index contributed by atoms with van der Waals surface area (Å²) in [4.78, 5) is 0. The van der Waals surface area contributed by atoms with Crippen molar-refractivity contribution in [1.82, 2.24) is 0 Å². The second-order valence-corrected chi connectivity index (χ2v) is 2.19. The fraction of sp³-hybridized carbons (Fsp3) is 1.00. The van der Waals surface area contributed by atoms with Crippen molar-refractivity contribution in [1.29, 1.82) is 0 Å². The molecule has 1 N–H and O–H groups in total. The van der Waals surface area contributed by atoms with E-state index in [1.54, 1.807) is 0 Å².